The number of methoxy groups -OCH3 is 1. The molecule has 1 aromatic carbocycles. The predicted octanol–water partition coefficient (Wildman–Crippen LogP) is 3.45. The third-order valence-electron chi connectivity index (χ3n) is 2.33. The van der Waals surface area contributed by atoms with Crippen LogP contribution in [0, 0.1) is 0 Å². The molecule has 0 aliphatic carbocycles. The minimum atomic E-state index is -4.90. The average molecular weight is 301 g/mol. The Bertz CT molecular complexity index is 521. The first kappa shape index (κ1) is 16.7. The molecular weight excluding hydrogens is 287 g/mol. The summed E-state index contributed by atoms with van der Waals surface area (Å²) in [5.41, 5.74) is -1.62. The van der Waals surface area contributed by atoms with E-state index < -0.39 is 17.9 Å². The maximum absolute atomic E-state index is 12.8. The summed E-state index contributed by atoms with van der Waals surface area (Å²) >= 11 is 0. The topological polar surface area (TPSA) is 47.9 Å². The Morgan fingerprint density at radius 1 is 1.33 bits per heavy atom. The highest BCUT2D eigenvalue weighted by Gasteiger charge is 2.42. The number of carbonyl (C=O) groups is 1. The van der Waals surface area contributed by atoms with E-state index in [1.807, 2.05) is 0 Å². The molecule has 0 unspecified atom stereocenters. The van der Waals surface area contributed by atoms with Gasteiger partial charge in [-0.2, -0.15) is 13.2 Å². The molecule has 0 radical (unpaired) electrons. The van der Waals surface area contributed by atoms with Crippen molar-refractivity contribution >= 4 is 17.4 Å². The van der Waals surface area contributed by atoms with E-state index in [2.05, 4.69) is 16.3 Å². The molecule has 0 aromatic heterocycles. The van der Waals surface area contributed by atoms with E-state index in [0.29, 0.717) is 5.75 Å². The number of aliphatic imine (C=N–C) groups is 1. The molecule has 7 heteroatoms. The lowest BCUT2D eigenvalue weighted by atomic mass is 10.3. The summed E-state index contributed by atoms with van der Waals surface area (Å²) in [6, 6.07) is 5.49. The van der Waals surface area contributed by atoms with Crippen LogP contribution in [0.1, 0.15) is 6.42 Å². The molecule has 0 heterocycles. The summed E-state index contributed by atoms with van der Waals surface area (Å²) in [6.07, 6.45) is -3.20. The van der Waals surface area contributed by atoms with Crippen molar-refractivity contribution < 1.29 is 27.4 Å². The van der Waals surface area contributed by atoms with Crippen LogP contribution in [-0.4, -0.2) is 31.6 Å². The SMILES string of the molecule is C=CCCOC(=O)C(=Nc1ccc(OC)cc1)C(F)(F)F. The van der Waals surface area contributed by atoms with Gasteiger partial charge in [-0.05, 0) is 30.7 Å². The van der Waals surface area contributed by atoms with Crippen molar-refractivity contribution in [1.82, 2.24) is 0 Å². The molecule has 21 heavy (non-hydrogen) atoms. The van der Waals surface area contributed by atoms with Crippen LogP contribution >= 0.6 is 0 Å². The van der Waals surface area contributed by atoms with Gasteiger partial charge in [-0.25, -0.2) is 9.79 Å². The molecule has 1 aromatic rings. The second-order valence-electron chi connectivity index (χ2n) is 3.87. The molecule has 0 bridgehead atoms. The van der Waals surface area contributed by atoms with Crippen molar-refractivity contribution in [3.8, 4) is 5.75 Å². The van der Waals surface area contributed by atoms with E-state index in [1.165, 1.54) is 37.5 Å². The van der Waals surface area contributed by atoms with Gasteiger partial charge < -0.3 is 9.47 Å². The van der Waals surface area contributed by atoms with Gasteiger partial charge in [0, 0.05) is 0 Å². The van der Waals surface area contributed by atoms with Gasteiger partial charge in [0.1, 0.15) is 5.75 Å². The molecule has 114 valence electrons. The van der Waals surface area contributed by atoms with Crippen molar-refractivity contribution in [3.63, 3.8) is 0 Å². The first-order chi connectivity index (χ1) is 9.88. The van der Waals surface area contributed by atoms with E-state index in [1.54, 1.807) is 0 Å². The molecule has 0 atom stereocenters. The molecule has 0 spiro atoms. The van der Waals surface area contributed by atoms with E-state index in [4.69, 9.17) is 4.74 Å². The molecule has 0 fully saturated rings. The summed E-state index contributed by atoms with van der Waals surface area (Å²) in [6.45, 7) is 3.20. The van der Waals surface area contributed by atoms with Gasteiger partial charge in [-0.3, -0.25) is 0 Å². The Labute approximate surface area is 119 Å². The molecule has 0 saturated carbocycles. The Balaban J connectivity index is 2.98. The highest BCUT2D eigenvalue weighted by atomic mass is 19.4. The van der Waals surface area contributed by atoms with Gasteiger partial charge in [-0.1, -0.05) is 6.08 Å². The standard InChI is InChI=1S/C14H14F3NO3/c1-3-4-9-21-13(19)12(14(15,16)17)18-10-5-7-11(20-2)8-6-10/h3,5-8H,1,4,9H2,2H3. The van der Waals surface area contributed by atoms with Crippen LogP contribution in [0.25, 0.3) is 0 Å². The van der Waals surface area contributed by atoms with E-state index in [9.17, 15) is 18.0 Å². The number of carbonyl (C=O) groups excluding carboxylic acids is 1. The zero-order valence-corrected chi connectivity index (χ0v) is 11.3. The first-order valence-corrected chi connectivity index (χ1v) is 5.96. The van der Waals surface area contributed by atoms with Crippen LogP contribution in [-0.2, 0) is 9.53 Å². The maximum Gasteiger partial charge on any atom is 0.440 e. The van der Waals surface area contributed by atoms with Crippen LogP contribution in [0.4, 0.5) is 18.9 Å². The third kappa shape index (κ3) is 5.29. The van der Waals surface area contributed by atoms with E-state index in [0.717, 1.165) is 0 Å². The molecule has 0 aliphatic rings. The van der Waals surface area contributed by atoms with Crippen molar-refractivity contribution in [2.75, 3.05) is 13.7 Å². The molecule has 4 nitrogen and oxygen atoms in total. The van der Waals surface area contributed by atoms with Crippen LogP contribution in [0.3, 0.4) is 0 Å². The largest absolute Gasteiger partial charge is 0.497 e. The molecule has 0 aliphatic heterocycles. The number of halogens is 3. The molecule has 1 rings (SSSR count). The fourth-order valence-corrected chi connectivity index (χ4v) is 1.31. The number of benzene rings is 1. The maximum atomic E-state index is 12.8. The zero-order chi connectivity index (χ0) is 15.9. The number of alkyl halides is 3. The molecular formula is C14H14F3NO3. The van der Waals surface area contributed by atoms with Crippen LogP contribution in [0.2, 0.25) is 0 Å². The summed E-state index contributed by atoms with van der Waals surface area (Å²) in [7, 11) is 1.43. The van der Waals surface area contributed by atoms with Crippen molar-refractivity contribution in [2.24, 2.45) is 4.99 Å². The quantitative estimate of drug-likeness (QED) is 0.350. The number of hydrogen-bond acceptors (Lipinski definition) is 4. The Morgan fingerprint density at radius 2 is 1.95 bits per heavy atom. The molecule has 0 amide bonds. The second-order valence-corrected chi connectivity index (χ2v) is 3.87. The number of hydrogen-bond donors (Lipinski definition) is 0. The summed E-state index contributed by atoms with van der Waals surface area (Å²) in [5, 5.41) is 0. The summed E-state index contributed by atoms with van der Waals surface area (Å²) in [4.78, 5) is 14.8. The first-order valence-electron chi connectivity index (χ1n) is 5.96. The molecule has 0 N–H and O–H groups in total. The lowest BCUT2D eigenvalue weighted by molar-refractivity contribution is -0.139. The van der Waals surface area contributed by atoms with Crippen molar-refractivity contribution in [2.45, 2.75) is 12.6 Å². The lowest BCUT2D eigenvalue weighted by Gasteiger charge is -2.10. The van der Waals surface area contributed by atoms with Gasteiger partial charge in [0.05, 0.1) is 19.4 Å². The fraction of sp³-hybridized carbons (Fsp3) is 0.286. The Hall–Kier alpha value is -2.31. The Morgan fingerprint density at radius 3 is 2.43 bits per heavy atom. The number of ether oxygens (including phenoxy) is 2. The van der Waals surface area contributed by atoms with E-state index in [-0.39, 0.29) is 18.7 Å². The lowest BCUT2D eigenvalue weighted by Crippen LogP contribution is -2.32. The smallest absolute Gasteiger partial charge is 0.440 e. The van der Waals surface area contributed by atoms with E-state index >= 15 is 0 Å². The number of nitrogens with zero attached hydrogens (tertiary/aromatic N) is 1. The van der Waals surface area contributed by atoms with Gasteiger partial charge in [0.15, 0.2) is 0 Å². The number of esters is 1. The monoisotopic (exact) mass is 301 g/mol. The highest BCUT2D eigenvalue weighted by molar-refractivity contribution is 6.39. The Kier molecular flexibility index (Phi) is 5.95. The number of rotatable bonds is 6. The highest BCUT2D eigenvalue weighted by Crippen LogP contribution is 2.24. The normalized spacial score (nSPS) is 11.9. The van der Waals surface area contributed by atoms with Crippen molar-refractivity contribution in [3.05, 3.63) is 36.9 Å². The molecule has 0 saturated heterocycles. The van der Waals surface area contributed by atoms with Gasteiger partial charge >= 0.3 is 12.1 Å². The van der Waals surface area contributed by atoms with Crippen LogP contribution in [0.15, 0.2) is 41.9 Å². The third-order valence-corrected chi connectivity index (χ3v) is 2.33. The summed E-state index contributed by atoms with van der Waals surface area (Å²) < 4.78 is 47.9. The van der Waals surface area contributed by atoms with Gasteiger partial charge in [0.2, 0.25) is 5.71 Å². The minimum absolute atomic E-state index is 0.0243. The minimum Gasteiger partial charge on any atom is -0.497 e. The van der Waals surface area contributed by atoms with Gasteiger partial charge in [-0.15, -0.1) is 6.58 Å². The summed E-state index contributed by atoms with van der Waals surface area (Å²) in [5.74, 6) is -1.05. The zero-order valence-electron chi connectivity index (χ0n) is 11.3. The second kappa shape index (κ2) is 7.47. The predicted molar refractivity (Wildman–Crippen MR) is 71.9 cm³/mol. The van der Waals surface area contributed by atoms with Crippen molar-refractivity contribution in [1.29, 1.82) is 0 Å². The van der Waals surface area contributed by atoms with Crippen LogP contribution < -0.4 is 4.74 Å². The van der Waals surface area contributed by atoms with Gasteiger partial charge in [0.25, 0.3) is 0 Å². The van der Waals surface area contributed by atoms with Crippen LogP contribution in [0.5, 0.6) is 5.75 Å². The average Bonchev–Trinajstić information content (AvgIpc) is 2.44. The fourth-order valence-electron chi connectivity index (χ4n) is 1.31.